The average molecular weight is 473 g/mol. The number of carbonyl (C=O) groups excluding carboxylic acids is 1. The van der Waals surface area contributed by atoms with Gasteiger partial charge in [-0.3, -0.25) is 10.1 Å². The normalized spacial score (nSPS) is 19.2. The molecule has 1 saturated heterocycles. The van der Waals surface area contributed by atoms with Crippen LogP contribution in [0.5, 0.6) is 5.75 Å². The maximum Gasteiger partial charge on any atom is 0.322 e. The maximum atomic E-state index is 13.0. The topological polar surface area (TPSA) is 124 Å². The van der Waals surface area contributed by atoms with Gasteiger partial charge in [-0.05, 0) is 50.2 Å². The molecule has 0 aliphatic carbocycles. The predicted molar refractivity (Wildman–Crippen MR) is 119 cm³/mol. The molecule has 11 heteroatoms. The number of morpholine rings is 1. The second kappa shape index (κ2) is 9.30. The molecule has 174 valence electrons. The van der Waals surface area contributed by atoms with E-state index in [-0.39, 0.29) is 47.7 Å². The molecule has 1 aliphatic rings. The summed E-state index contributed by atoms with van der Waals surface area (Å²) in [5.41, 5.74) is 0.837. The summed E-state index contributed by atoms with van der Waals surface area (Å²) >= 11 is 0. The molecule has 1 amide bonds. The SMILES string of the molecule is COc1ccccc1-c1nnc(NC(=O)c2ccc(S(=O)(=O)N3C[C@@H](C)O[C@@H](C)C3)cc2)o1. The maximum absolute atomic E-state index is 13.0. The highest BCUT2D eigenvalue weighted by molar-refractivity contribution is 7.89. The second-order valence-electron chi connectivity index (χ2n) is 7.67. The van der Waals surface area contributed by atoms with Crippen LogP contribution in [0.3, 0.4) is 0 Å². The van der Waals surface area contributed by atoms with Crippen molar-refractivity contribution in [3.63, 3.8) is 0 Å². The summed E-state index contributed by atoms with van der Waals surface area (Å²) in [7, 11) is -2.16. The number of amides is 1. The summed E-state index contributed by atoms with van der Waals surface area (Å²) < 4.78 is 43.8. The molecule has 0 radical (unpaired) electrons. The Kier molecular flexibility index (Phi) is 6.45. The molecule has 1 aromatic heterocycles. The van der Waals surface area contributed by atoms with E-state index in [1.54, 1.807) is 18.2 Å². The monoisotopic (exact) mass is 472 g/mol. The van der Waals surface area contributed by atoms with Gasteiger partial charge in [0.25, 0.3) is 11.8 Å². The fraction of sp³-hybridized carbons (Fsp3) is 0.318. The van der Waals surface area contributed by atoms with Crippen LogP contribution < -0.4 is 10.1 Å². The zero-order chi connectivity index (χ0) is 23.6. The molecule has 3 aromatic rings. The first-order valence-electron chi connectivity index (χ1n) is 10.3. The Morgan fingerprint density at radius 3 is 2.39 bits per heavy atom. The van der Waals surface area contributed by atoms with Crippen LogP contribution in [0.25, 0.3) is 11.5 Å². The van der Waals surface area contributed by atoms with Crippen molar-refractivity contribution in [2.24, 2.45) is 0 Å². The number of ether oxygens (including phenoxy) is 2. The van der Waals surface area contributed by atoms with Crippen LogP contribution in [0, 0.1) is 0 Å². The molecule has 0 unspecified atom stereocenters. The number of aromatic nitrogens is 2. The number of sulfonamides is 1. The molecule has 0 spiro atoms. The van der Waals surface area contributed by atoms with Crippen LogP contribution in [0.15, 0.2) is 57.8 Å². The van der Waals surface area contributed by atoms with Crippen LogP contribution in [0.2, 0.25) is 0 Å². The highest BCUT2D eigenvalue weighted by atomic mass is 32.2. The van der Waals surface area contributed by atoms with Gasteiger partial charge in [0.15, 0.2) is 0 Å². The number of hydrogen-bond acceptors (Lipinski definition) is 8. The second-order valence-corrected chi connectivity index (χ2v) is 9.61. The number of benzene rings is 2. The van der Waals surface area contributed by atoms with Crippen molar-refractivity contribution in [1.82, 2.24) is 14.5 Å². The van der Waals surface area contributed by atoms with Crippen molar-refractivity contribution in [2.75, 3.05) is 25.5 Å². The summed E-state index contributed by atoms with van der Waals surface area (Å²) in [4.78, 5) is 12.7. The van der Waals surface area contributed by atoms with Crippen LogP contribution in [0.4, 0.5) is 6.01 Å². The molecular weight excluding hydrogens is 448 g/mol. The van der Waals surface area contributed by atoms with E-state index < -0.39 is 15.9 Å². The van der Waals surface area contributed by atoms with E-state index in [2.05, 4.69) is 15.5 Å². The average Bonchev–Trinajstić information content (AvgIpc) is 3.26. The molecule has 2 heterocycles. The van der Waals surface area contributed by atoms with E-state index >= 15 is 0 Å². The van der Waals surface area contributed by atoms with Gasteiger partial charge >= 0.3 is 6.01 Å². The number of methoxy groups -OCH3 is 1. The molecule has 2 aromatic carbocycles. The highest BCUT2D eigenvalue weighted by Crippen LogP contribution is 2.29. The van der Waals surface area contributed by atoms with Crippen molar-refractivity contribution in [2.45, 2.75) is 31.0 Å². The molecule has 1 fully saturated rings. The zero-order valence-electron chi connectivity index (χ0n) is 18.4. The quantitative estimate of drug-likeness (QED) is 0.581. The molecule has 2 atom stereocenters. The first-order valence-corrected chi connectivity index (χ1v) is 11.8. The Hall–Kier alpha value is -3.28. The molecule has 1 aliphatic heterocycles. The highest BCUT2D eigenvalue weighted by Gasteiger charge is 2.32. The van der Waals surface area contributed by atoms with E-state index in [1.807, 2.05) is 19.9 Å². The molecule has 10 nitrogen and oxygen atoms in total. The van der Waals surface area contributed by atoms with Crippen LogP contribution in [-0.2, 0) is 14.8 Å². The molecular formula is C22H24N4O6S. The van der Waals surface area contributed by atoms with Crippen LogP contribution in [0.1, 0.15) is 24.2 Å². The third-order valence-corrected chi connectivity index (χ3v) is 6.97. The Balaban J connectivity index is 1.47. The molecule has 0 bridgehead atoms. The third-order valence-electron chi connectivity index (χ3n) is 5.12. The lowest BCUT2D eigenvalue weighted by molar-refractivity contribution is -0.0440. The Labute approximate surface area is 191 Å². The molecule has 33 heavy (non-hydrogen) atoms. The van der Waals surface area contributed by atoms with Crippen LogP contribution >= 0.6 is 0 Å². The molecule has 1 N–H and O–H groups in total. The Morgan fingerprint density at radius 2 is 1.73 bits per heavy atom. The van der Waals surface area contributed by atoms with Gasteiger partial charge in [0.1, 0.15) is 5.75 Å². The van der Waals surface area contributed by atoms with E-state index in [1.165, 1.54) is 35.7 Å². The minimum absolute atomic E-state index is 0.0890. The standard InChI is InChI=1S/C22H24N4O6S/c1-14-12-26(13-15(2)31-14)33(28,29)17-10-8-16(9-11-17)20(27)23-22-25-24-21(32-22)18-6-4-5-7-19(18)30-3/h4-11,14-15H,12-13H2,1-3H3,(H,23,25,27)/t14-,15+. The first-order chi connectivity index (χ1) is 15.8. The summed E-state index contributed by atoms with van der Waals surface area (Å²) in [6.07, 6.45) is -0.382. The van der Waals surface area contributed by atoms with Gasteiger partial charge in [0.2, 0.25) is 10.0 Å². The van der Waals surface area contributed by atoms with E-state index in [9.17, 15) is 13.2 Å². The van der Waals surface area contributed by atoms with Crippen molar-refractivity contribution < 1.29 is 27.1 Å². The lowest BCUT2D eigenvalue weighted by Crippen LogP contribution is -2.48. The zero-order valence-corrected chi connectivity index (χ0v) is 19.2. The summed E-state index contributed by atoms with van der Waals surface area (Å²) in [5, 5.41) is 10.3. The minimum Gasteiger partial charge on any atom is -0.496 e. The van der Waals surface area contributed by atoms with Crippen LogP contribution in [-0.4, -0.2) is 61.2 Å². The Morgan fingerprint density at radius 1 is 1.06 bits per heavy atom. The predicted octanol–water partition coefficient (Wildman–Crippen LogP) is 2.80. The number of para-hydroxylation sites is 1. The largest absolute Gasteiger partial charge is 0.496 e. The lowest BCUT2D eigenvalue weighted by atomic mass is 10.2. The molecule has 0 saturated carbocycles. The van der Waals surface area contributed by atoms with Crippen molar-refractivity contribution in [3.05, 3.63) is 54.1 Å². The van der Waals surface area contributed by atoms with Gasteiger partial charge in [-0.2, -0.15) is 4.31 Å². The third kappa shape index (κ3) is 4.90. The van der Waals surface area contributed by atoms with Crippen molar-refractivity contribution >= 4 is 21.9 Å². The molecule has 4 rings (SSSR count). The van der Waals surface area contributed by atoms with Crippen molar-refractivity contribution in [1.29, 1.82) is 0 Å². The summed E-state index contributed by atoms with van der Waals surface area (Å²) in [5.74, 6) is 0.237. The number of hydrogen-bond donors (Lipinski definition) is 1. The van der Waals surface area contributed by atoms with E-state index in [0.29, 0.717) is 11.3 Å². The number of rotatable bonds is 6. The van der Waals surface area contributed by atoms with Gasteiger partial charge in [-0.25, -0.2) is 8.42 Å². The van der Waals surface area contributed by atoms with E-state index in [0.717, 1.165) is 0 Å². The van der Waals surface area contributed by atoms with E-state index in [4.69, 9.17) is 13.9 Å². The van der Waals surface area contributed by atoms with Gasteiger partial charge in [0, 0.05) is 18.7 Å². The Bertz CT molecular complexity index is 1230. The minimum atomic E-state index is -3.69. The van der Waals surface area contributed by atoms with Crippen molar-refractivity contribution in [3.8, 4) is 17.2 Å². The van der Waals surface area contributed by atoms with Gasteiger partial charge < -0.3 is 13.9 Å². The summed E-state index contributed by atoms with van der Waals surface area (Å²) in [6.45, 7) is 4.23. The fourth-order valence-corrected chi connectivity index (χ4v) is 5.22. The summed E-state index contributed by atoms with van der Waals surface area (Å²) in [6, 6.07) is 12.7. The number of carbonyl (C=O) groups is 1. The number of nitrogens with zero attached hydrogens (tertiary/aromatic N) is 3. The smallest absolute Gasteiger partial charge is 0.322 e. The van der Waals surface area contributed by atoms with Gasteiger partial charge in [0.05, 0.1) is 29.8 Å². The number of anilines is 1. The fourth-order valence-electron chi connectivity index (χ4n) is 3.63. The van der Waals surface area contributed by atoms with Gasteiger partial charge in [-0.1, -0.05) is 17.2 Å². The number of nitrogens with one attached hydrogen (secondary N) is 1. The lowest BCUT2D eigenvalue weighted by Gasteiger charge is -2.34. The van der Waals surface area contributed by atoms with Gasteiger partial charge in [-0.15, -0.1) is 5.10 Å². The first kappa shape index (κ1) is 22.9.